The Morgan fingerprint density at radius 2 is 1.89 bits per heavy atom. The van der Waals surface area contributed by atoms with Gasteiger partial charge in [0.15, 0.2) is 0 Å². The number of pyridine rings is 2. The molecule has 4 aromatic rings. The van der Waals surface area contributed by atoms with E-state index < -0.39 is 15.6 Å². The lowest BCUT2D eigenvalue weighted by atomic mass is 9.96. The summed E-state index contributed by atoms with van der Waals surface area (Å²) in [5, 5.41) is 0.462. The number of hydrogen-bond acceptors (Lipinski definition) is 7. The normalized spacial score (nSPS) is 20.5. The Bertz CT molecular complexity index is 1830. The highest BCUT2D eigenvalue weighted by Gasteiger charge is 2.48. The van der Waals surface area contributed by atoms with Crippen LogP contribution in [0.1, 0.15) is 48.6 Å². The average Bonchev–Trinajstić information content (AvgIpc) is 3.98. The Morgan fingerprint density at radius 3 is 2.66 bits per heavy atom. The first kappa shape index (κ1) is 29.2. The van der Waals surface area contributed by atoms with Crippen LogP contribution in [0.25, 0.3) is 11.1 Å². The van der Waals surface area contributed by atoms with Crippen LogP contribution in [0.3, 0.4) is 0 Å². The third-order valence-corrected chi connectivity index (χ3v) is 11.1. The summed E-state index contributed by atoms with van der Waals surface area (Å²) < 4.78 is 47.1. The van der Waals surface area contributed by atoms with Crippen molar-refractivity contribution >= 4 is 21.6 Å². The maximum Gasteiger partial charge on any atom is 0.243 e. The number of ether oxygens (including phenoxy) is 3. The molecular weight excluding hydrogens is 598 g/mol. The van der Waals surface area contributed by atoms with Crippen LogP contribution >= 0.6 is 11.6 Å². The van der Waals surface area contributed by atoms with Crippen LogP contribution < -0.4 is 9.47 Å². The van der Waals surface area contributed by atoms with Gasteiger partial charge in [-0.15, -0.1) is 0 Å². The van der Waals surface area contributed by atoms with E-state index in [1.54, 1.807) is 37.6 Å². The number of rotatable bonds is 10. The van der Waals surface area contributed by atoms with Crippen molar-refractivity contribution in [3.05, 3.63) is 100 Å². The molecule has 0 amide bonds. The number of fused-ring (bicyclic) bond motifs is 1. The van der Waals surface area contributed by atoms with Crippen molar-refractivity contribution < 1.29 is 22.6 Å². The summed E-state index contributed by atoms with van der Waals surface area (Å²) in [6.07, 6.45) is 7.16. The van der Waals surface area contributed by atoms with Gasteiger partial charge in [0, 0.05) is 54.1 Å². The number of benzene rings is 2. The van der Waals surface area contributed by atoms with Crippen LogP contribution in [-0.2, 0) is 39.9 Å². The van der Waals surface area contributed by atoms with E-state index >= 15 is 0 Å². The molecule has 0 radical (unpaired) electrons. The van der Waals surface area contributed by atoms with Crippen molar-refractivity contribution in [1.29, 1.82) is 0 Å². The molecule has 1 aliphatic heterocycles. The number of sulfonamides is 1. The van der Waals surface area contributed by atoms with Gasteiger partial charge >= 0.3 is 0 Å². The third-order valence-electron chi connectivity index (χ3n) is 8.86. The van der Waals surface area contributed by atoms with Gasteiger partial charge in [0.25, 0.3) is 0 Å². The van der Waals surface area contributed by atoms with Crippen molar-refractivity contribution in [3.8, 4) is 22.8 Å². The maximum absolute atomic E-state index is 13.7. The molecular formula is C34H34ClN3O5S. The SMILES string of the molecule is COc1ccc2c(n1)CCN(S(=O)(=O)c1ccc(Cl)c(COC3(c4cnccc4-c4ccccc4OC4C[C@H]4C)CC3)c1)C2. The fraction of sp³-hybridized carbons (Fsp3) is 0.353. The van der Waals surface area contributed by atoms with Crippen LogP contribution in [0.2, 0.25) is 5.02 Å². The molecule has 10 heteroatoms. The molecule has 1 unspecified atom stereocenters. The summed E-state index contributed by atoms with van der Waals surface area (Å²) in [4.78, 5) is 9.12. The molecule has 8 nitrogen and oxygen atoms in total. The number of aromatic nitrogens is 2. The second-order valence-electron chi connectivity index (χ2n) is 11.9. The minimum atomic E-state index is -3.77. The largest absolute Gasteiger partial charge is 0.489 e. The van der Waals surface area contributed by atoms with Gasteiger partial charge in [-0.05, 0) is 72.2 Å². The molecule has 2 aliphatic carbocycles. The Kier molecular flexibility index (Phi) is 7.61. The monoisotopic (exact) mass is 631 g/mol. The highest BCUT2D eigenvalue weighted by Crippen LogP contribution is 2.53. The zero-order valence-electron chi connectivity index (χ0n) is 24.7. The third kappa shape index (κ3) is 5.58. The predicted octanol–water partition coefficient (Wildman–Crippen LogP) is 6.55. The molecule has 3 aliphatic rings. The number of methoxy groups -OCH3 is 1. The smallest absolute Gasteiger partial charge is 0.243 e. The highest BCUT2D eigenvalue weighted by atomic mass is 35.5. The minimum Gasteiger partial charge on any atom is -0.489 e. The summed E-state index contributed by atoms with van der Waals surface area (Å²) in [6.45, 7) is 2.95. The fourth-order valence-electron chi connectivity index (χ4n) is 5.88. The first-order chi connectivity index (χ1) is 21.3. The van der Waals surface area contributed by atoms with Crippen molar-refractivity contribution in [2.24, 2.45) is 5.92 Å². The van der Waals surface area contributed by atoms with Gasteiger partial charge in [0.05, 0.1) is 29.9 Å². The van der Waals surface area contributed by atoms with Crippen LogP contribution in [0.15, 0.2) is 78.0 Å². The van der Waals surface area contributed by atoms with E-state index in [1.165, 1.54) is 4.31 Å². The van der Waals surface area contributed by atoms with E-state index in [-0.39, 0.29) is 24.2 Å². The first-order valence-corrected chi connectivity index (χ1v) is 16.7. The molecule has 0 saturated heterocycles. The van der Waals surface area contributed by atoms with Gasteiger partial charge < -0.3 is 14.2 Å². The van der Waals surface area contributed by atoms with E-state index in [4.69, 9.17) is 25.8 Å². The summed E-state index contributed by atoms with van der Waals surface area (Å²) in [7, 11) is -2.20. The van der Waals surface area contributed by atoms with Gasteiger partial charge in [0.1, 0.15) is 11.9 Å². The van der Waals surface area contributed by atoms with Crippen molar-refractivity contribution in [3.63, 3.8) is 0 Å². The number of hydrogen-bond donors (Lipinski definition) is 0. The second-order valence-corrected chi connectivity index (χ2v) is 14.2. The Balaban J connectivity index is 1.11. The predicted molar refractivity (Wildman–Crippen MR) is 167 cm³/mol. The zero-order chi connectivity index (χ0) is 30.5. The molecule has 44 heavy (non-hydrogen) atoms. The van der Waals surface area contributed by atoms with Gasteiger partial charge in [-0.1, -0.05) is 42.8 Å². The Hall–Kier alpha value is -3.50. The molecule has 0 bridgehead atoms. The van der Waals surface area contributed by atoms with Gasteiger partial charge in [0.2, 0.25) is 15.9 Å². The molecule has 7 rings (SSSR count). The van der Waals surface area contributed by atoms with Gasteiger partial charge in [-0.3, -0.25) is 4.98 Å². The van der Waals surface area contributed by atoms with Crippen LogP contribution in [0.5, 0.6) is 11.6 Å². The lowest BCUT2D eigenvalue weighted by Crippen LogP contribution is -2.36. The van der Waals surface area contributed by atoms with Crippen LogP contribution in [0.4, 0.5) is 0 Å². The molecule has 0 spiro atoms. The molecule has 2 aromatic carbocycles. The molecule has 228 valence electrons. The van der Waals surface area contributed by atoms with Crippen molar-refractivity contribution in [2.45, 2.75) is 62.4 Å². The summed E-state index contributed by atoms with van der Waals surface area (Å²) in [5.74, 6) is 1.95. The molecule has 3 heterocycles. The van der Waals surface area contributed by atoms with Gasteiger partial charge in [-0.25, -0.2) is 13.4 Å². The Morgan fingerprint density at radius 1 is 1.07 bits per heavy atom. The maximum atomic E-state index is 13.7. The lowest BCUT2D eigenvalue weighted by molar-refractivity contribution is 0.0173. The summed E-state index contributed by atoms with van der Waals surface area (Å²) in [6, 6.07) is 18.6. The van der Waals surface area contributed by atoms with Crippen LogP contribution in [0, 0.1) is 5.92 Å². The standard InChI is InChI=1S/C34H34ClN3O5S/c1-22-17-32(22)43-31-6-4-3-5-27(31)26-11-15-36-19-28(26)34(13-14-34)42-21-24-18-25(8-9-29(24)35)44(39,40)38-16-12-30-23(20-38)7-10-33(37-30)41-2/h3-11,15,18-19,22,32H,12-14,16-17,20-21H2,1-2H3/t22-,32?/m1/s1. The van der Waals surface area contributed by atoms with Gasteiger partial charge in [-0.2, -0.15) is 4.31 Å². The molecule has 0 N–H and O–H groups in total. The van der Waals surface area contributed by atoms with E-state index in [9.17, 15) is 8.42 Å². The van der Waals surface area contributed by atoms with E-state index in [1.807, 2.05) is 36.5 Å². The molecule has 2 atom stereocenters. The van der Waals surface area contributed by atoms with E-state index in [0.717, 1.165) is 53.0 Å². The van der Waals surface area contributed by atoms with Crippen LogP contribution in [-0.4, -0.2) is 42.4 Å². The first-order valence-electron chi connectivity index (χ1n) is 14.9. The average molecular weight is 632 g/mol. The van der Waals surface area contributed by atoms with E-state index in [0.29, 0.717) is 35.3 Å². The topological polar surface area (TPSA) is 90.9 Å². The van der Waals surface area contributed by atoms with E-state index in [2.05, 4.69) is 23.0 Å². The molecule has 2 aromatic heterocycles. The highest BCUT2D eigenvalue weighted by molar-refractivity contribution is 7.89. The number of nitrogens with zero attached hydrogens (tertiary/aromatic N) is 3. The summed E-state index contributed by atoms with van der Waals surface area (Å²) >= 11 is 6.60. The number of halogens is 1. The zero-order valence-corrected chi connectivity index (χ0v) is 26.3. The summed E-state index contributed by atoms with van der Waals surface area (Å²) in [5.41, 5.74) is 4.87. The van der Waals surface area contributed by atoms with Crippen molar-refractivity contribution in [2.75, 3.05) is 13.7 Å². The molecule has 2 fully saturated rings. The second kappa shape index (κ2) is 11.5. The quantitative estimate of drug-likeness (QED) is 0.196. The minimum absolute atomic E-state index is 0.167. The molecule has 2 saturated carbocycles. The Labute approximate surface area is 263 Å². The fourth-order valence-corrected chi connectivity index (χ4v) is 7.52. The number of para-hydroxylation sites is 1. The lowest BCUT2D eigenvalue weighted by Gasteiger charge is -2.28. The van der Waals surface area contributed by atoms with Crippen molar-refractivity contribution in [1.82, 2.24) is 14.3 Å².